The maximum Gasteiger partial charge on any atom is 0.261 e. The zero-order valence-corrected chi connectivity index (χ0v) is 18.6. The third-order valence-corrected chi connectivity index (χ3v) is 5.78. The van der Waals surface area contributed by atoms with Crippen LogP contribution in [0.5, 0.6) is 11.5 Å². The maximum absolute atomic E-state index is 12.6. The fraction of sp³-hybridized carbons (Fsp3) is 0.480. The highest BCUT2D eigenvalue weighted by Gasteiger charge is 2.19. The van der Waals surface area contributed by atoms with Crippen molar-refractivity contribution in [1.29, 1.82) is 0 Å². The van der Waals surface area contributed by atoms with Crippen LogP contribution in [0.2, 0.25) is 0 Å². The highest BCUT2D eigenvalue weighted by molar-refractivity contribution is 5.81. The van der Waals surface area contributed by atoms with Crippen molar-refractivity contribution in [1.82, 2.24) is 10.2 Å². The molecule has 1 atom stereocenters. The zero-order valence-electron chi connectivity index (χ0n) is 18.6. The second kappa shape index (κ2) is 10.5. The van der Waals surface area contributed by atoms with Crippen molar-refractivity contribution in [3.05, 3.63) is 59.2 Å². The van der Waals surface area contributed by atoms with E-state index in [1.807, 2.05) is 56.3 Å². The monoisotopic (exact) mass is 410 g/mol. The van der Waals surface area contributed by atoms with Gasteiger partial charge >= 0.3 is 0 Å². The van der Waals surface area contributed by atoms with Crippen molar-refractivity contribution in [3.8, 4) is 11.5 Å². The number of nitrogens with one attached hydrogen (secondary N) is 1. The van der Waals surface area contributed by atoms with Gasteiger partial charge in [0.15, 0.2) is 6.10 Å². The first-order valence-electron chi connectivity index (χ1n) is 10.9. The number of nitrogens with zero attached hydrogens (tertiary/aromatic N) is 1. The molecule has 0 saturated carbocycles. The smallest absolute Gasteiger partial charge is 0.261 e. The van der Waals surface area contributed by atoms with Crippen LogP contribution in [0.25, 0.3) is 0 Å². The van der Waals surface area contributed by atoms with Crippen LogP contribution in [0.3, 0.4) is 0 Å². The molecule has 1 aliphatic heterocycles. The Bertz CT molecular complexity index is 827. The van der Waals surface area contributed by atoms with E-state index in [0.29, 0.717) is 19.1 Å². The topological polar surface area (TPSA) is 50.8 Å². The minimum Gasteiger partial charge on any atom is -0.490 e. The summed E-state index contributed by atoms with van der Waals surface area (Å²) in [5, 5.41) is 2.99. The van der Waals surface area contributed by atoms with Crippen molar-refractivity contribution in [3.63, 3.8) is 0 Å². The van der Waals surface area contributed by atoms with E-state index in [2.05, 4.69) is 24.2 Å². The van der Waals surface area contributed by atoms with Gasteiger partial charge in [-0.3, -0.25) is 4.79 Å². The highest BCUT2D eigenvalue weighted by Crippen LogP contribution is 2.20. The molecule has 0 aliphatic carbocycles. The number of carbonyl (C=O) groups is 1. The third kappa shape index (κ3) is 6.23. The average molecular weight is 411 g/mol. The standard InChI is InChI=1S/C25H34N2O3/c1-5-24(30-23-9-6-18(2)19(3)16-23)25(28)26-17-20-7-10-21(11-8-20)29-22-12-14-27(4)15-13-22/h6-11,16,22,24H,5,12-15,17H2,1-4H3,(H,26,28). The lowest BCUT2D eigenvalue weighted by Crippen LogP contribution is -2.37. The van der Waals surface area contributed by atoms with Crippen molar-refractivity contribution in [2.24, 2.45) is 0 Å². The van der Waals surface area contributed by atoms with Gasteiger partial charge < -0.3 is 19.7 Å². The Balaban J connectivity index is 1.48. The first-order valence-corrected chi connectivity index (χ1v) is 10.9. The minimum absolute atomic E-state index is 0.0950. The quantitative estimate of drug-likeness (QED) is 0.707. The van der Waals surface area contributed by atoms with Gasteiger partial charge in [0, 0.05) is 19.6 Å². The van der Waals surface area contributed by atoms with Crippen molar-refractivity contribution >= 4 is 5.91 Å². The highest BCUT2D eigenvalue weighted by atomic mass is 16.5. The molecule has 0 spiro atoms. The first kappa shape index (κ1) is 22.2. The van der Waals surface area contributed by atoms with E-state index in [1.165, 1.54) is 5.56 Å². The van der Waals surface area contributed by atoms with Gasteiger partial charge in [-0.1, -0.05) is 25.1 Å². The van der Waals surface area contributed by atoms with E-state index < -0.39 is 6.10 Å². The van der Waals surface area contributed by atoms with E-state index in [0.717, 1.165) is 48.6 Å². The Kier molecular flexibility index (Phi) is 7.75. The molecule has 5 nitrogen and oxygen atoms in total. The second-order valence-electron chi connectivity index (χ2n) is 8.24. The van der Waals surface area contributed by atoms with E-state index in [1.54, 1.807) is 0 Å². The second-order valence-corrected chi connectivity index (χ2v) is 8.24. The molecule has 5 heteroatoms. The number of hydrogen-bond donors (Lipinski definition) is 1. The largest absolute Gasteiger partial charge is 0.490 e. The van der Waals surface area contributed by atoms with Crippen molar-refractivity contribution in [2.45, 2.75) is 58.8 Å². The molecule has 2 aromatic carbocycles. The Morgan fingerprint density at radius 2 is 1.73 bits per heavy atom. The minimum atomic E-state index is -0.501. The number of ether oxygens (including phenoxy) is 2. The molecule has 1 fully saturated rings. The Morgan fingerprint density at radius 1 is 1.07 bits per heavy atom. The van der Waals surface area contributed by atoms with Gasteiger partial charge in [0.2, 0.25) is 0 Å². The summed E-state index contributed by atoms with van der Waals surface area (Å²) >= 11 is 0. The molecule has 1 amide bonds. The molecular formula is C25H34N2O3. The number of benzene rings is 2. The Labute approximate surface area is 180 Å². The van der Waals surface area contributed by atoms with Gasteiger partial charge in [-0.05, 0) is 81.1 Å². The number of amides is 1. The number of carbonyl (C=O) groups excluding carboxylic acids is 1. The lowest BCUT2D eigenvalue weighted by Gasteiger charge is -2.29. The van der Waals surface area contributed by atoms with Crippen LogP contribution in [0, 0.1) is 13.8 Å². The molecule has 1 heterocycles. The Morgan fingerprint density at radius 3 is 2.37 bits per heavy atom. The molecule has 1 N–H and O–H groups in total. The molecule has 0 bridgehead atoms. The predicted octanol–water partition coefficient (Wildman–Crippen LogP) is 4.25. The number of hydrogen-bond acceptors (Lipinski definition) is 4. The van der Waals surface area contributed by atoms with Gasteiger partial charge in [0.25, 0.3) is 5.91 Å². The summed E-state index contributed by atoms with van der Waals surface area (Å²) in [6, 6.07) is 13.9. The van der Waals surface area contributed by atoms with Crippen LogP contribution in [-0.4, -0.2) is 43.2 Å². The van der Waals surface area contributed by atoms with E-state index in [9.17, 15) is 4.79 Å². The normalized spacial score (nSPS) is 16.1. The lowest BCUT2D eigenvalue weighted by molar-refractivity contribution is -0.128. The van der Waals surface area contributed by atoms with Crippen LogP contribution in [0.15, 0.2) is 42.5 Å². The van der Waals surface area contributed by atoms with Crippen molar-refractivity contribution < 1.29 is 14.3 Å². The Hall–Kier alpha value is -2.53. The summed E-state index contributed by atoms with van der Waals surface area (Å²) in [7, 11) is 2.15. The van der Waals surface area contributed by atoms with Crippen LogP contribution in [-0.2, 0) is 11.3 Å². The third-order valence-electron chi connectivity index (χ3n) is 5.78. The average Bonchev–Trinajstić information content (AvgIpc) is 2.75. The van der Waals surface area contributed by atoms with Gasteiger partial charge in [-0.25, -0.2) is 0 Å². The summed E-state index contributed by atoms with van der Waals surface area (Å²) in [5.41, 5.74) is 3.41. The molecule has 1 saturated heterocycles. The molecule has 3 rings (SSSR count). The molecular weight excluding hydrogens is 376 g/mol. The lowest BCUT2D eigenvalue weighted by atomic mass is 10.1. The first-order chi connectivity index (χ1) is 14.4. The van der Waals surface area contributed by atoms with Gasteiger partial charge in [-0.15, -0.1) is 0 Å². The summed E-state index contributed by atoms with van der Waals surface area (Å²) < 4.78 is 12.0. The van der Waals surface area contributed by atoms with Crippen LogP contribution in [0.4, 0.5) is 0 Å². The predicted molar refractivity (Wildman–Crippen MR) is 120 cm³/mol. The SMILES string of the molecule is CCC(Oc1ccc(C)c(C)c1)C(=O)NCc1ccc(OC2CCN(C)CC2)cc1. The molecule has 2 aromatic rings. The summed E-state index contributed by atoms with van der Waals surface area (Å²) in [4.78, 5) is 14.9. The fourth-order valence-corrected chi connectivity index (χ4v) is 3.56. The number of likely N-dealkylation sites (tertiary alicyclic amines) is 1. The maximum atomic E-state index is 12.6. The van der Waals surface area contributed by atoms with E-state index >= 15 is 0 Å². The molecule has 1 aliphatic rings. The van der Waals surface area contributed by atoms with E-state index in [4.69, 9.17) is 9.47 Å². The van der Waals surface area contributed by atoms with Crippen LogP contribution in [0.1, 0.15) is 42.9 Å². The summed E-state index contributed by atoms with van der Waals surface area (Å²) in [6.07, 6.45) is 2.53. The molecule has 0 radical (unpaired) electrons. The zero-order chi connectivity index (χ0) is 21.5. The molecule has 0 aromatic heterocycles. The van der Waals surface area contributed by atoms with Crippen LogP contribution < -0.4 is 14.8 Å². The van der Waals surface area contributed by atoms with Gasteiger partial charge in [0.1, 0.15) is 17.6 Å². The summed E-state index contributed by atoms with van der Waals surface area (Å²) in [6.45, 7) is 8.70. The molecule has 30 heavy (non-hydrogen) atoms. The van der Waals surface area contributed by atoms with Gasteiger partial charge in [-0.2, -0.15) is 0 Å². The summed E-state index contributed by atoms with van der Waals surface area (Å²) in [5.74, 6) is 1.53. The number of piperidine rings is 1. The van der Waals surface area contributed by atoms with E-state index in [-0.39, 0.29) is 5.91 Å². The van der Waals surface area contributed by atoms with Crippen molar-refractivity contribution in [2.75, 3.05) is 20.1 Å². The fourth-order valence-electron chi connectivity index (χ4n) is 3.56. The van der Waals surface area contributed by atoms with Crippen LogP contribution >= 0.6 is 0 Å². The van der Waals surface area contributed by atoms with Gasteiger partial charge in [0.05, 0.1) is 0 Å². The molecule has 162 valence electrons. The number of rotatable bonds is 8. The number of aryl methyl sites for hydroxylation is 2. The molecule has 1 unspecified atom stereocenters.